The van der Waals surface area contributed by atoms with Crippen molar-refractivity contribution in [2.75, 3.05) is 6.54 Å². The number of benzene rings is 1. The summed E-state index contributed by atoms with van der Waals surface area (Å²) in [5.74, 6) is 0.0345. The fraction of sp³-hybridized carbons (Fsp3) is 0.438. The molecule has 0 atom stereocenters. The van der Waals surface area contributed by atoms with E-state index in [9.17, 15) is 4.79 Å². The number of hydrogen-bond acceptors (Lipinski definition) is 3. The van der Waals surface area contributed by atoms with E-state index in [4.69, 9.17) is 23.2 Å². The second-order valence-electron chi connectivity index (χ2n) is 5.87. The van der Waals surface area contributed by atoms with E-state index in [0.717, 1.165) is 31.2 Å². The summed E-state index contributed by atoms with van der Waals surface area (Å²) >= 11 is 12.4. The van der Waals surface area contributed by atoms with Crippen LogP contribution >= 0.6 is 23.2 Å². The molecule has 1 aromatic heterocycles. The minimum Gasteiger partial charge on any atom is -0.354 e. The Morgan fingerprint density at radius 3 is 2.57 bits per heavy atom. The largest absolute Gasteiger partial charge is 0.354 e. The van der Waals surface area contributed by atoms with E-state index in [1.54, 1.807) is 24.8 Å². The third-order valence-corrected chi connectivity index (χ3v) is 5.01. The highest BCUT2D eigenvalue weighted by molar-refractivity contribution is 6.35. The highest BCUT2D eigenvalue weighted by Crippen LogP contribution is 2.44. The molecular formula is C16H18Cl2N4O. The lowest BCUT2D eigenvalue weighted by Crippen LogP contribution is -2.43. The smallest absolute Gasteiger partial charge is 0.230 e. The third kappa shape index (κ3) is 3.35. The number of nitrogens with zero attached hydrogens (tertiary/aromatic N) is 3. The first kappa shape index (κ1) is 16.3. The van der Waals surface area contributed by atoms with Crippen molar-refractivity contribution in [3.63, 3.8) is 0 Å². The van der Waals surface area contributed by atoms with Crippen LogP contribution in [-0.2, 0) is 16.8 Å². The Hall–Kier alpha value is -1.59. The van der Waals surface area contributed by atoms with E-state index in [0.29, 0.717) is 23.1 Å². The van der Waals surface area contributed by atoms with E-state index in [2.05, 4.69) is 15.5 Å². The average Bonchev–Trinajstić information content (AvgIpc) is 3.19. The van der Waals surface area contributed by atoms with Gasteiger partial charge >= 0.3 is 0 Å². The predicted octanol–water partition coefficient (Wildman–Crippen LogP) is 3.21. The van der Waals surface area contributed by atoms with Crippen molar-refractivity contribution < 1.29 is 4.79 Å². The van der Waals surface area contributed by atoms with E-state index >= 15 is 0 Å². The number of carbonyl (C=O) groups excluding carboxylic acids is 1. The van der Waals surface area contributed by atoms with Crippen LogP contribution in [-0.4, -0.2) is 27.2 Å². The van der Waals surface area contributed by atoms with Gasteiger partial charge in [0.1, 0.15) is 12.7 Å². The van der Waals surface area contributed by atoms with Crippen LogP contribution in [0.5, 0.6) is 0 Å². The van der Waals surface area contributed by atoms with Crippen LogP contribution in [0.4, 0.5) is 0 Å². The van der Waals surface area contributed by atoms with Gasteiger partial charge in [-0.3, -0.25) is 4.79 Å². The molecule has 1 aromatic carbocycles. The first-order valence-corrected chi connectivity index (χ1v) is 8.44. The Bertz CT molecular complexity index is 681. The molecule has 1 heterocycles. The molecule has 23 heavy (non-hydrogen) atoms. The number of rotatable bonds is 5. The Labute approximate surface area is 145 Å². The molecular weight excluding hydrogens is 335 g/mol. The number of amides is 1. The standard InChI is InChI=1S/C16H18Cl2N4O/c17-12-3-4-13(14(18)9-12)16(5-1-2-6-16)15(23)19-7-8-22-10-20-21-11-22/h3-4,9-11H,1-2,5-8H2,(H,19,23). The second kappa shape index (κ2) is 6.89. The van der Waals surface area contributed by atoms with Gasteiger partial charge in [-0.1, -0.05) is 42.1 Å². The van der Waals surface area contributed by atoms with Crippen molar-refractivity contribution >= 4 is 29.1 Å². The minimum absolute atomic E-state index is 0.0345. The molecule has 1 aliphatic rings. The quantitative estimate of drug-likeness (QED) is 0.898. The van der Waals surface area contributed by atoms with Gasteiger partial charge in [-0.2, -0.15) is 0 Å². The summed E-state index contributed by atoms with van der Waals surface area (Å²) in [6, 6.07) is 5.39. The molecule has 0 bridgehead atoms. The van der Waals surface area contributed by atoms with E-state index in [1.165, 1.54) is 0 Å². The Morgan fingerprint density at radius 2 is 1.91 bits per heavy atom. The first-order chi connectivity index (χ1) is 11.1. The zero-order valence-electron chi connectivity index (χ0n) is 12.6. The van der Waals surface area contributed by atoms with Gasteiger partial charge < -0.3 is 9.88 Å². The maximum atomic E-state index is 12.9. The number of carbonyl (C=O) groups is 1. The number of nitrogens with one attached hydrogen (secondary N) is 1. The second-order valence-corrected chi connectivity index (χ2v) is 6.71. The highest BCUT2D eigenvalue weighted by atomic mass is 35.5. The van der Waals surface area contributed by atoms with Crippen LogP contribution in [0.1, 0.15) is 31.2 Å². The molecule has 0 spiro atoms. The van der Waals surface area contributed by atoms with Crippen molar-refractivity contribution in [3.8, 4) is 0 Å². The van der Waals surface area contributed by atoms with E-state index in [1.807, 2.05) is 10.6 Å². The van der Waals surface area contributed by atoms with Crippen LogP contribution in [0.3, 0.4) is 0 Å². The summed E-state index contributed by atoms with van der Waals surface area (Å²) in [4.78, 5) is 12.9. The zero-order valence-corrected chi connectivity index (χ0v) is 14.1. The van der Waals surface area contributed by atoms with Crippen molar-refractivity contribution in [2.24, 2.45) is 0 Å². The topological polar surface area (TPSA) is 59.8 Å². The number of aromatic nitrogens is 3. The van der Waals surface area contributed by atoms with Crippen molar-refractivity contribution in [3.05, 3.63) is 46.5 Å². The number of hydrogen-bond donors (Lipinski definition) is 1. The number of halogens is 2. The van der Waals surface area contributed by atoms with Crippen LogP contribution in [0.15, 0.2) is 30.9 Å². The van der Waals surface area contributed by atoms with Gasteiger partial charge in [0.05, 0.1) is 5.41 Å². The summed E-state index contributed by atoms with van der Waals surface area (Å²) in [7, 11) is 0. The Morgan fingerprint density at radius 1 is 1.22 bits per heavy atom. The lowest BCUT2D eigenvalue weighted by molar-refractivity contribution is -0.126. The van der Waals surface area contributed by atoms with Crippen LogP contribution < -0.4 is 5.32 Å². The Balaban J connectivity index is 1.75. The predicted molar refractivity (Wildman–Crippen MR) is 89.6 cm³/mol. The third-order valence-electron chi connectivity index (χ3n) is 4.46. The zero-order chi connectivity index (χ0) is 16.3. The normalized spacial score (nSPS) is 16.4. The molecule has 7 heteroatoms. The Kier molecular flexibility index (Phi) is 4.87. The van der Waals surface area contributed by atoms with Gasteiger partial charge in [-0.15, -0.1) is 10.2 Å². The molecule has 0 aliphatic heterocycles. The van der Waals surface area contributed by atoms with E-state index in [-0.39, 0.29) is 5.91 Å². The average molecular weight is 353 g/mol. The van der Waals surface area contributed by atoms with Gasteiger partial charge in [-0.05, 0) is 30.5 Å². The lowest BCUT2D eigenvalue weighted by atomic mass is 9.78. The molecule has 1 amide bonds. The monoisotopic (exact) mass is 352 g/mol. The summed E-state index contributed by atoms with van der Waals surface area (Å²) in [6.07, 6.45) is 6.94. The summed E-state index contributed by atoms with van der Waals surface area (Å²) in [6.45, 7) is 1.17. The molecule has 1 aliphatic carbocycles. The minimum atomic E-state index is -0.547. The van der Waals surface area contributed by atoms with Gasteiger partial charge in [0.15, 0.2) is 0 Å². The first-order valence-electron chi connectivity index (χ1n) is 7.68. The molecule has 5 nitrogen and oxygen atoms in total. The lowest BCUT2D eigenvalue weighted by Gasteiger charge is -2.29. The summed E-state index contributed by atoms with van der Waals surface area (Å²) in [5.41, 5.74) is 0.331. The van der Waals surface area contributed by atoms with Gasteiger partial charge in [-0.25, -0.2) is 0 Å². The van der Waals surface area contributed by atoms with Crippen LogP contribution in [0.25, 0.3) is 0 Å². The van der Waals surface area contributed by atoms with E-state index < -0.39 is 5.41 Å². The summed E-state index contributed by atoms with van der Waals surface area (Å²) in [5, 5.41) is 11.7. The maximum absolute atomic E-state index is 12.9. The van der Waals surface area contributed by atoms with Gasteiger partial charge in [0, 0.05) is 23.1 Å². The van der Waals surface area contributed by atoms with Crippen LogP contribution in [0.2, 0.25) is 10.0 Å². The van der Waals surface area contributed by atoms with Gasteiger partial charge in [0.2, 0.25) is 5.91 Å². The maximum Gasteiger partial charge on any atom is 0.230 e. The van der Waals surface area contributed by atoms with Crippen molar-refractivity contribution in [1.29, 1.82) is 0 Å². The molecule has 2 aromatic rings. The fourth-order valence-electron chi connectivity index (χ4n) is 3.28. The van der Waals surface area contributed by atoms with Crippen molar-refractivity contribution in [1.82, 2.24) is 20.1 Å². The summed E-state index contributed by atoms with van der Waals surface area (Å²) < 4.78 is 1.83. The molecule has 0 radical (unpaired) electrons. The fourth-order valence-corrected chi connectivity index (χ4v) is 3.87. The van der Waals surface area contributed by atoms with Gasteiger partial charge in [0.25, 0.3) is 0 Å². The molecule has 3 rings (SSSR count). The molecule has 1 N–H and O–H groups in total. The SMILES string of the molecule is O=C(NCCn1cnnc1)C1(c2ccc(Cl)cc2Cl)CCCC1. The molecule has 122 valence electrons. The molecule has 1 saturated carbocycles. The van der Waals surface area contributed by atoms with Crippen LogP contribution in [0, 0.1) is 0 Å². The molecule has 0 saturated heterocycles. The highest BCUT2D eigenvalue weighted by Gasteiger charge is 2.43. The molecule has 1 fully saturated rings. The molecule has 0 unspecified atom stereocenters. The van der Waals surface area contributed by atoms with Crippen molar-refractivity contribution in [2.45, 2.75) is 37.6 Å².